The van der Waals surface area contributed by atoms with Gasteiger partial charge < -0.3 is 29.2 Å². The SMILES string of the molecule is CCC(O)C(C)C(OC(C)=O)C(Cl)CC(C)C=CC=C(C)C1OC(=O)CC(OC(C)=O)CCC(C)(O)C(OC(C)=O)C=CC1C. The number of esters is 4. The van der Waals surface area contributed by atoms with E-state index in [-0.39, 0.29) is 37.0 Å². The summed E-state index contributed by atoms with van der Waals surface area (Å²) >= 11 is 6.69. The van der Waals surface area contributed by atoms with Crippen molar-refractivity contribution in [2.45, 2.75) is 136 Å². The maximum Gasteiger partial charge on any atom is 0.310 e. The van der Waals surface area contributed by atoms with Gasteiger partial charge in [0.2, 0.25) is 0 Å². The van der Waals surface area contributed by atoms with Gasteiger partial charge in [-0.1, -0.05) is 52.0 Å². The third-order valence-electron chi connectivity index (χ3n) is 7.98. The van der Waals surface area contributed by atoms with Crippen LogP contribution in [-0.4, -0.2) is 75.6 Å². The Balaban J connectivity index is 3.24. The summed E-state index contributed by atoms with van der Waals surface area (Å²) in [7, 11) is 0. The molecule has 1 aliphatic heterocycles. The van der Waals surface area contributed by atoms with E-state index in [9.17, 15) is 29.4 Å². The van der Waals surface area contributed by atoms with Crippen molar-refractivity contribution in [3.05, 3.63) is 36.0 Å². The van der Waals surface area contributed by atoms with Crippen molar-refractivity contribution in [3.63, 3.8) is 0 Å². The predicted molar refractivity (Wildman–Crippen MR) is 171 cm³/mol. The first-order valence-corrected chi connectivity index (χ1v) is 16.1. The normalized spacial score (nSPS) is 28.4. The second-order valence-corrected chi connectivity index (χ2v) is 13.0. The van der Waals surface area contributed by atoms with Crippen molar-refractivity contribution in [1.29, 1.82) is 0 Å². The number of hydrogen-bond donors (Lipinski definition) is 2. The van der Waals surface area contributed by atoms with Crippen LogP contribution >= 0.6 is 11.6 Å². The van der Waals surface area contributed by atoms with Gasteiger partial charge in [0, 0.05) is 32.6 Å². The van der Waals surface area contributed by atoms with Crippen LogP contribution in [0.25, 0.3) is 0 Å². The Labute approximate surface area is 273 Å². The smallest absolute Gasteiger partial charge is 0.310 e. The minimum atomic E-state index is -1.48. The van der Waals surface area contributed by atoms with Crippen LogP contribution in [-0.2, 0) is 38.1 Å². The van der Waals surface area contributed by atoms with Gasteiger partial charge in [0.15, 0.2) is 0 Å². The van der Waals surface area contributed by atoms with Gasteiger partial charge >= 0.3 is 23.9 Å². The molecule has 0 saturated carbocycles. The van der Waals surface area contributed by atoms with Crippen LogP contribution in [0.5, 0.6) is 0 Å². The van der Waals surface area contributed by atoms with Crippen LogP contribution < -0.4 is 0 Å². The zero-order valence-corrected chi connectivity index (χ0v) is 28.9. The van der Waals surface area contributed by atoms with Crippen molar-refractivity contribution in [2.75, 3.05) is 0 Å². The van der Waals surface area contributed by atoms with Crippen molar-refractivity contribution in [3.8, 4) is 0 Å². The number of rotatable bonds is 12. The molecule has 0 spiro atoms. The largest absolute Gasteiger partial charge is 0.462 e. The molecule has 0 fully saturated rings. The number of allylic oxidation sites excluding steroid dienone is 3. The van der Waals surface area contributed by atoms with Crippen molar-refractivity contribution in [2.24, 2.45) is 17.8 Å². The van der Waals surface area contributed by atoms with Gasteiger partial charge in [0.1, 0.15) is 30.0 Å². The van der Waals surface area contributed by atoms with E-state index >= 15 is 0 Å². The van der Waals surface area contributed by atoms with Crippen LogP contribution in [0.4, 0.5) is 0 Å². The number of carbonyl (C=O) groups excluding carboxylic acids is 4. The fourth-order valence-corrected chi connectivity index (χ4v) is 5.87. The monoisotopic (exact) mass is 656 g/mol. The third kappa shape index (κ3) is 14.5. The summed E-state index contributed by atoms with van der Waals surface area (Å²) in [6.07, 6.45) is 6.16. The highest BCUT2D eigenvalue weighted by Crippen LogP contribution is 2.29. The Morgan fingerprint density at radius 3 is 2.29 bits per heavy atom. The fourth-order valence-electron chi connectivity index (χ4n) is 5.31. The molecule has 11 heteroatoms. The van der Waals surface area contributed by atoms with Gasteiger partial charge in [-0.2, -0.15) is 0 Å². The zero-order chi connectivity index (χ0) is 34.5. The summed E-state index contributed by atoms with van der Waals surface area (Å²) in [5.74, 6) is -2.88. The van der Waals surface area contributed by atoms with Crippen molar-refractivity contribution >= 4 is 35.5 Å². The standard InChI is InChI=1S/C34H53ClO10/c1-10-29(39)23(5)33(44-26(8)38)28(35)18-20(2)12-11-13-21(3)32-22(4)14-15-30(43-25(7)37)34(9,41)17-16-27(42-24(6)36)19-31(40)45-32/h11-15,20,22-23,27-30,32-33,39,41H,10,16-19H2,1-9H3. The van der Waals surface area contributed by atoms with Gasteiger partial charge in [-0.3, -0.25) is 19.2 Å². The van der Waals surface area contributed by atoms with Crippen LogP contribution in [0.1, 0.15) is 94.4 Å². The Hall–Kier alpha value is -2.69. The van der Waals surface area contributed by atoms with E-state index in [2.05, 4.69) is 0 Å². The quantitative estimate of drug-likeness (QED) is 0.0925. The van der Waals surface area contributed by atoms with E-state index < -0.39 is 65.4 Å². The molecule has 0 aliphatic carbocycles. The van der Waals surface area contributed by atoms with Crippen molar-refractivity contribution in [1.82, 2.24) is 0 Å². The molecule has 10 nitrogen and oxygen atoms in total. The van der Waals surface area contributed by atoms with Gasteiger partial charge in [0.25, 0.3) is 0 Å². The van der Waals surface area contributed by atoms with E-state index in [1.54, 1.807) is 12.2 Å². The molecule has 256 valence electrons. The Morgan fingerprint density at radius 1 is 1.11 bits per heavy atom. The summed E-state index contributed by atoms with van der Waals surface area (Å²) < 4.78 is 22.1. The highest BCUT2D eigenvalue weighted by Gasteiger charge is 2.36. The number of hydrogen-bond acceptors (Lipinski definition) is 10. The number of ether oxygens (including phenoxy) is 4. The maximum absolute atomic E-state index is 13.0. The average molecular weight is 657 g/mol. The number of halogens is 1. The first-order valence-electron chi connectivity index (χ1n) is 15.7. The zero-order valence-electron chi connectivity index (χ0n) is 28.2. The number of carbonyl (C=O) groups is 4. The number of alkyl halides is 1. The third-order valence-corrected chi connectivity index (χ3v) is 8.40. The minimum absolute atomic E-state index is 0.0204. The van der Waals surface area contributed by atoms with Crippen LogP contribution in [0.2, 0.25) is 0 Å². The second kappa shape index (κ2) is 19.1. The molecule has 0 saturated heterocycles. The molecule has 0 amide bonds. The van der Waals surface area contributed by atoms with E-state index in [1.807, 2.05) is 52.8 Å². The Bertz CT molecular complexity index is 1080. The molecule has 0 radical (unpaired) electrons. The minimum Gasteiger partial charge on any atom is -0.462 e. The van der Waals surface area contributed by atoms with Gasteiger partial charge in [-0.25, -0.2) is 0 Å². The summed E-state index contributed by atoms with van der Waals surface area (Å²) in [4.78, 5) is 48.3. The number of cyclic esters (lactones) is 1. The lowest BCUT2D eigenvalue weighted by Crippen LogP contribution is -2.42. The number of aliphatic hydroxyl groups excluding tert-OH is 1. The van der Waals surface area contributed by atoms with Crippen LogP contribution in [0, 0.1) is 17.8 Å². The fraction of sp³-hybridized carbons (Fsp3) is 0.706. The van der Waals surface area contributed by atoms with E-state index in [1.165, 1.54) is 27.7 Å². The lowest BCUT2D eigenvalue weighted by molar-refractivity contribution is -0.160. The molecular weight excluding hydrogens is 604 g/mol. The molecule has 45 heavy (non-hydrogen) atoms. The molecule has 0 aromatic carbocycles. The molecule has 0 aromatic rings. The molecule has 1 heterocycles. The summed E-state index contributed by atoms with van der Waals surface area (Å²) in [5, 5.41) is 21.0. The highest BCUT2D eigenvalue weighted by molar-refractivity contribution is 6.21. The van der Waals surface area contributed by atoms with E-state index in [0.717, 1.165) is 5.57 Å². The Morgan fingerprint density at radius 2 is 1.73 bits per heavy atom. The number of aliphatic hydroxyl groups is 2. The summed E-state index contributed by atoms with van der Waals surface area (Å²) in [6.45, 7) is 14.6. The van der Waals surface area contributed by atoms with Gasteiger partial charge in [-0.05, 0) is 57.1 Å². The molecule has 10 atom stereocenters. The maximum atomic E-state index is 13.0. The lowest BCUT2D eigenvalue weighted by atomic mass is 9.88. The molecule has 0 aromatic heterocycles. The molecule has 2 N–H and O–H groups in total. The van der Waals surface area contributed by atoms with E-state index in [4.69, 9.17) is 30.5 Å². The van der Waals surface area contributed by atoms with Gasteiger partial charge in [-0.15, -0.1) is 11.6 Å². The Kier molecular flexibility index (Phi) is 17.1. The molecule has 0 bridgehead atoms. The molecule has 1 aliphatic rings. The van der Waals surface area contributed by atoms with Crippen molar-refractivity contribution < 1.29 is 48.3 Å². The first kappa shape index (κ1) is 40.3. The first-order chi connectivity index (χ1) is 20.9. The predicted octanol–water partition coefficient (Wildman–Crippen LogP) is 5.36. The molecular formula is C34H53ClO10. The van der Waals surface area contributed by atoms with Gasteiger partial charge in [0.05, 0.1) is 17.9 Å². The topological polar surface area (TPSA) is 146 Å². The van der Waals surface area contributed by atoms with Crippen LogP contribution in [0.15, 0.2) is 36.0 Å². The van der Waals surface area contributed by atoms with E-state index in [0.29, 0.717) is 12.8 Å². The lowest BCUT2D eigenvalue weighted by Gasteiger charge is -2.33. The summed E-state index contributed by atoms with van der Waals surface area (Å²) in [5.41, 5.74) is -0.759. The highest BCUT2D eigenvalue weighted by atomic mass is 35.5. The molecule has 10 unspecified atom stereocenters. The summed E-state index contributed by atoms with van der Waals surface area (Å²) in [6, 6.07) is 0. The van der Waals surface area contributed by atoms with Crippen LogP contribution in [0.3, 0.4) is 0 Å². The second-order valence-electron chi connectivity index (χ2n) is 12.4. The average Bonchev–Trinajstić information content (AvgIpc) is 2.93. The molecule has 1 rings (SSSR count).